The van der Waals surface area contributed by atoms with E-state index in [1.54, 1.807) is 0 Å². The molecule has 96 valence electrons. The smallest absolute Gasteiger partial charge is 0.0798 e. The van der Waals surface area contributed by atoms with Crippen LogP contribution in [0.1, 0.15) is 43.9 Å². The van der Waals surface area contributed by atoms with Crippen LogP contribution in [-0.2, 0) is 0 Å². The molecular formula is C17H22O. The van der Waals surface area contributed by atoms with Gasteiger partial charge in [0.05, 0.1) is 6.10 Å². The van der Waals surface area contributed by atoms with E-state index < -0.39 is 0 Å². The molecule has 0 aliphatic heterocycles. The molecule has 2 rings (SSSR count). The highest BCUT2D eigenvalue weighted by Gasteiger charge is 2.14. The normalized spacial score (nSPS) is 13.2. The molecule has 1 unspecified atom stereocenters. The molecule has 0 saturated carbocycles. The summed E-state index contributed by atoms with van der Waals surface area (Å²) in [5, 5.41) is 12.8. The summed E-state index contributed by atoms with van der Waals surface area (Å²) in [7, 11) is 0. The lowest BCUT2D eigenvalue weighted by molar-refractivity contribution is 0.160. The molecule has 18 heavy (non-hydrogen) atoms. The zero-order valence-corrected chi connectivity index (χ0v) is 11.5. The van der Waals surface area contributed by atoms with Crippen LogP contribution in [0.2, 0.25) is 0 Å². The summed E-state index contributed by atoms with van der Waals surface area (Å²) >= 11 is 0. The van der Waals surface area contributed by atoms with Crippen molar-refractivity contribution in [1.29, 1.82) is 0 Å². The van der Waals surface area contributed by atoms with Crippen LogP contribution in [0.25, 0.3) is 10.8 Å². The van der Waals surface area contributed by atoms with Gasteiger partial charge in [-0.15, -0.1) is 0 Å². The molecule has 0 bridgehead atoms. The molecule has 2 aromatic carbocycles. The summed E-state index contributed by atoms with van der Waals surface area (Å²) in [6.07, 6.45) is 1.55. The average molecular weight is 242 g/mol. The summed E-state index contributed by atoms with van der Waals surface area (Å²) in [4.78, 5) is 0. The van der Waals surface area contributed by atoms with Crippen molar-refractivity contribution in [3.63, 3.8) is 0 Å². The van der Waals surface area contributed by atoms with E-state index in [4.69, 9.17) is 0 Å². The van der Waals surface area contributed by atoms with Crippen LogP contribution in [0.4, 0.5) is 0 Å². The van der Waals surface area contributed by atoms with Crippen LogP contribution in [0.5, 0.6) is 0 Å². The first-order valence-corrected chi connectivity index (χ1v) is 6.76. The van der Waals surface area contributed by atoms with Gasteiger partial charge in [-0.05, 0) is 47.6 Å². The van der Waals surface area contributed by atoms with Crippen molar-refractivity contribution in [2.45, 2.75) is 39.7 Å². The number of fused-ring (bicyclic) bond motifs is 1. The monoisotopic (exact) mass is 242 g/mol. The molecule has 0 heterocycles. The number of rotatable bonds is 4. The predicted molar refractivity (Wildman–Crippen MR) is 77.7 cm³/mol. The largest absolute Gasteiger partial charge is 0.388 e. The first-order valence-electron chi connectivity index (χ1n) is 6.76. The van der Waals surface area contributed by atoms with E-state index >= 15 is 0 Å². The van der Waals surface area contributed by atoms with Crippen LogP contribution in [-0.4, -0.2) is 5.11 Å². The molecule has 0 fully saturated rings. The Morgan fingerprint density at radius 2 is 1.72 bits per heavy atom. The fraction of sp³-hybridized carbons (Fsp3) is 0.412. The second-order valence-electron chi connectivity index (χ2n) is 5.50. The first kappa shape index (κ1) is 13.1. The van der Waals surface area contributed by atoms with E-state index in [-0.39, 0.29) is 6.10 Å². The number of benzene rings is 2. The molecule has 0 aliphatic carbocycles. The Kier molecular flexibility index (Phi) is 4.03. The van der Waals surface area contributed by atoms with Gasteiger partial charge in [0.2, 0.25) is 0 Å². The molecule has 1 atom stereocenters. The highest BCUT2D eigenvalue weighted by Crippen LogP contribution is 2.30. The molecule has 0 saturated heterocycles. The molecule has 0 aromatic heterocycles. The van der Waals surface area contributed by atoms with E-state index in [1.165, 1.54) is 16.3 Å². The Labute approximate surface area is 109 Å². The van der Waals surface area contributed by atoms with Crippen LogP contribution in [0.15, 0.2) is 36.4 Å². The quantitative estimate of drug-likeness (QED) is 0.829. The molecule has 0 aliphatic rings. The van der Waals surface area contributed by atoms with Gasteiger partial charge in [-0.2, -0.15) is 0 Å². The summed E-state index contributed by atoms with van der Waals surface area (Å²) in [5.41, 5.74) is 2.29. The summed E-state index contributed by atoms with van der Waals surface area (Å²) in [6.45, 7) is 6.48. The summed E-state index contributed by atoms with van der Waals surface area (Å²) in [5.74, 6) is 0.634. The van der Waals surface area contributed by atoms with Gasteiger partial charge in [-0.25, -0.2) is 0 Å². The lowest BCUT2D eigenvalue weighted by Gasteiger charge is -2.17. The Bertz CT molecular complexity index is 528. The number of hydrogen-bond donors (Lipinski definition) is 1. The number of aliphatic hydroxyl groups excluding tert-OH is 1. The standard InChI is InChI=1S/C17H22O/c1-12(2)8-11-16(18)17-13(3)9-10-14-6-4-5-7-15(14)17/h4-7,9-10,12,16,18H,8,11H2,1-3H3. The Hall–Kier alpha value is -1.34. The van der Waals surface area contributed by atoms with Crippen molar-refractivity contribution in [2.24, 2.45) is 5.92 Å². The minimum Gasteiger partial charge on any atom is -0.388 e. The second kappa shape index (κ2) is 5.53. The summed E-state index contributed by atoms with van der Waals surface area (Å²) < 4.78 is 0. The van der Waals surface area contributed by atoms with E-state index in [0.29, 0.717) is 5.92 Å². The van der Waals surface area contributed by atoms with Crippen LogP contribution < -0.4 is 0 Å². The van der Waals surface area contributed by atoms with E-state index in [0.717, 1.165) is 18.4 Å². The van der Waals surface area contributed by atoms with Gasteiger partial charge < -0.3 is 5.11 Å². The maximum atomic E-state index is 10.4. The van der Waals surface area contributed by atoms with Crippen LogP contribution in [0.3, 0.4) is 0 Å². The molecule has 0 amide bonds. The Morgan fingerprint density at radius 1 is 1.00 bits per heavy atom. The molecule has 2 aromatic rings. The lowest BCUT2D eigenvalue weighted by Crippen LogP contribution is -2.03. The summed E-state index contributed by atoms with van der Waals surface area (Å²) in [6, 6.07) is 12.5. The van der Waals surface area contributed by atoms with E-state index in [9.17, 15) is 5.11 Å². The minimum absolute atomic E-state index is 0.349. The molecular weight excluding hydrogens is 220 g/mol. The average Bonchev–Trinajstić information content (AvgIpc) is 2.36. The van der Waals surface area contributed by atoms with Gasteiger partial charge in [0, 0.05) is 0 Å². The van der Waals surface area contributed by atoms with Crippen molar-refractivity contribution in [1.82, 2.24) is 0 Å². The molecule has 1 N–H and O–H groups in total. The number of aliphatic hydroxyl groups is 1. The zero-order valence-electron chi connectivity index (χ0n) is 11.5. The maximum absolute atomic E-state index is 10.4. The first-order chi connectivity index (χ1) is 8.59. The van der Waals surface area contributed by atoms with Gasteiger partial charge in [0.25, 0.3) is 0 Å². The molecule has 1 nitrogen and oxygen atoms in total. The van der Waals surface area contributed by atoms with Gasteiger partial charge in [-0.1, -0.05) is 50.2 Å². The fourth-order valence-electron chi connectivity index (χ4n) is 2.48. The van der Waals surface area contributed by atoms with E-state index in [1.807, 2.05) is 12.1 Å². The van der Waals surface area contributed by atoms with Crippen molar-refractivity contribution >= 4 is 10.8 Å². The molecule has 0 spiro atoms. The van der Waals surface area contributed by atoms with Crippen molar-refractivity contribution in [2.75, 3.05) is 0 Å². The van der Waals surface area contributed by atoms with Crippen molar-refractivity contribution in [3.05, 3.63) is 47.5 Å². The fourth-order valence-corrected chi connectivity index (χ4v) is 2.48. The third kappa shape index (κ3) is 2.73. The lowest BCUT2D eigenvalue weighted by atomic mass is 9.92. The topological polar surface area (TPSA) is 20.2 Å². The predicted octanol–water partition coefficient (Wildman–Crippen LogP) is 4.62. The SMILES string of the molecule is Cc1ccc2ccccc2c1C(O)CCC(C)C. The second-order valence-corrected chi connectivity index (χ2v) is 5.50. The highest BCUT2D eigenvalue weighted by atomic mass is 16.3. The van der Waals surface area contributed by atoms with Crippen molar-refractivity contribution in [3.8, 4) is 0 Å². The number of aryl methyl sites for hydroxylation is 1. The highest BCUT2D eigenvalue weighted by molar-refractivity contribution is 5.87. The van der Waals surface area contributed by atoms with Gasteiger partial charge in [0.1, 0.15) is 0 Å². The van der Waals surface area contributed by atoms with Gasteiger partial charge in [0.15, 0.2) is 0 Å². The van der Waals surface area contributed by atoms with Gasteiger partial charge in [-0.3, -0.25) is 0 Å². The maximum Gasteiger partial charge on any atom is 0.0798 e. The van der Waals surface area contributed by atoms with Crippen LogP contribution in [0, 0.1) is 12.8 Å². The molecule has 1 heteroatoms. The van der Waals surface area contributed by atoms with E-state index in [2.05, 4.69) is 45.0 Å². The third-order valence-electron chi connectivity index (χ3n) is 3.54. The minimum atomic E-state index is -0.349. The zero-order chi connectivity index (χ0) is 13.1. The molecule has 0 radical (unpaired) electrons. The van der Waals surface area contributed by atoms with Gasteiger partial charge >= 0.3 is 0 Å². The third-order valence-corrected chi connectivity index (χ3v) is 3.54. The van der Waals surface area contributed by atoms with Crippen LogP contribution >= 0.6 is 0 Å². The van der Waals surface area contributed by atoms with Crippen molar-refractivity contribution < 1.29 is 5.11 Å². The number of hydrogen-bond acceptors (Lipinski definition) is 1. The Morgan fingerprint density at radius 3 is 2.44 bits per heavy atom. The Balaban J connectivity index is 2.39.